The fourth-order valence-corrected chi connectivity index (χ4v) is 2.21. The quantitative estimate of drug-likeness (QED) is 0.854. The Bertz CT molecular complexity index is 664. The van der Waals surface area contributed by atoms with Crippen LogP contribution in [0.2, 0.25) is 0 Å². The van der Waals surface area contributed by atoms with Crippen molar-refractivity contribution in [2.75, 3.05) is 0 Å². The summed E-state index contributed by atoms with van der Waals surface area (Å²) in [5.41, 5.74) is 1.09. The second-order valence-electron chi connectivity index (χ2n) is 5.16. The monoisotopic (exact) mass is 298 g/mol. The molecule has 2 atom stereocenters. The molecule has 2 aromatic rings. The summed E-state index contributed by atoms with van der Waals surface area (Å²) in [5, 5.41) is 9.13. The Morgan fingerprint density at radius 3 is 2.05 bits per heavy atom. The van der Waals surface area contributed by atoms with Gasteiger partial charge in [-0.05, 0) is 24.6 Å². The summed E-state index contributed by atoms with van der Waals surface area (Å²) in [6.45, 7) is 3.77. The number of rotatable bonds is 5. The molecule has 4 nitrogen and oxygen atoms in total. The lowest BCUT2D eigenvalue weighted by Gasteiger charge is -2.21. The Kier molecular flexibility index (Phi) is 4.94. The molecule has 0 amide bonds. The molecule has 0 saturated carbocycles. The molecule has 0 bridgehead atoms. The third kappa shape index (κ3) is 3.52. The fraction of sp³-hybridized carbons (Fsp3) is 0.222. The highest BCUT2D eigenvalue weighted by Crippen LogP contribution is 2.22. The molecule has 0 aromatic heterocycles. The maximum absolute atomic E-state index is 12.2. The van der Waals surface area contributed by atoms with Gasteiger partial charge in [0.05, 0.1) is 11.1 Å². The summed E-state index contributed by atoms with van der Waals surface area (Å²) in [6.07, 6.45) is -0.364. The maximum atomic E-state index is 12.2. The third-order valence-electron chi connectivity index (χ3n) is 3.70. The zero-order valence-electron chi connectivity index (χ0n) is 12.5. The van der Waals surface area contributed by atoms with E-state index in [4.69, 9.17) is 9.84 Å². The minimum Gasteiger partial charge on any atom is -0.478 e. The van der Waals surface area contributed by atoms with Gasteiger partial charge in [-0.25, -0.2) is 9.59 Å². The Hall–Kier alpha value is -2.62. The number of carbonyl (C=O) groups excluding carboxylic acids is 1. The lowest BCUT2D eigenvalue weighted by atomic mass is 9.96. The molecular formula is C18H18O4. The van der Waals surface area contributed by atoms with Crippen LogP contribution in [0.3, 0.4) is 0 Å². The Morgan fingerprint density at radius 2 is 1.45 bits per heavy atom. The molecule has 0 heterocycles. The number of hydrogen-bond donors (Lipinski definition) is 1. The van der Waals surface area contributed by atoms with Crippen LogP contribution in [0.1, 0.15) is 46.0 Å². The van der Waals surface area contributed by atoms with Gasteiger partial charge in [-0.1, -0.05) is 49.4 Å². The largest absolute Gasteiger partial charge is 0.478 e. The van der Waals surface area contributed by atoms with Gasteiger partial charge < -0.3 is 9.84 Å². The predicted molar refractivity (Wildman–Crippen MR) is 83.1 cm³/mol. The fourth-order valence-electron chi connectivity index (χ4n) is 2.21. The number of hydrogen-bond acceptors (Lipinski definition) is 3. The summed E-state index contributed by atoms with van der Waals surface area (Å²) >= 11 is 0. The molecular weight excluding hydrogens is 280 g/mol. The van der Waals surface area contributed by atoms with Crippen LogP contribution in [0.4, 0.5) is 0 Å². The number of carboxylic acid groups (broad SMARTS) is 1. The van der Waals surface area contributed by atoms with Crippen molar-refractivity contribution in [3.63, 3.8) is 0 Å². The highest BCUT2D eigenvalue weighted by molar-refractivity contribution is 6.02. The molecule has 22 heavy (non-hydrogen) atoms. The normalized spacial score (nSPS) is 13.2. The van der Waals surface area contributed by atoms with E-state index in [-0.39, 0.29) is 23.1 Å². The highest BCUT2D eigenvalue weighted by atomic mass is 16.5. The van der Waals surface area contributed by atoms with E-state index in [9.17, 15) is 9.59 Å². The number of carboxylic acids is 1. The molecule has 2 aromatic carbocycles. The molecule has 0 saturated heterocycles. The van der Waals surface area contributed by atoms with E-state index in [1.807, 2.05) is 37.3 Å². The summed E-state index contributed by atoms with van der Waals surface area (Å²) in [5.74, 6) is -1.74. The van der Waals surface area contributed by atoms with Crippen molar-refractivity contribution < 1.29 is 19.4 Å². The van der Waals surface area contributed by atoms with Crippen molar-refractivity contribution in [1.29, 1.82) is 0 Å². The van der Waals surface area contributed by atoms with Crippen molar-refractivity contribution >= 4 is 11.9 Å². The average molecular weight is 298 g/mol. The van der Waals surface area contributed by atoms with Gasteiger partial charge >= 0.3 is 11.9 Å². The van der Waals surface area contributed by atoms with Crippen LogP contribution in [0.5, 0.6) is 0 Å². The smallest absolute Gasteiger partial charge is 0.339 e. The van der Waals surface area contributed by atoms with E-state index < -0.39 is 11.9 Å². The van der Waals surface area contributed by atoms with Crippen molar-refractivity contribution in [3.8, 4) is 0 Å². The molecule has 0 aliphatic carbocycles. The van der Waals surface area contributed by atoms with E-state index in [1.165, 1.54) is 12.1 Å². The van der Waals surface area contributed by atoms with E-state index in [2.05, 4.69) is 0 Å². The average Bonchev–Trinajstić information content (AvgIpc) is 2.54. The number of esters is 1. The second kappa shape index (κ2) is 6.89. The Morgan fingerprint density at radius 1 is 0.909 bits per heavy atom. The molecule has 4 heteroatoms. The van der Waals surface area contributed by atoms with Gasteiger partial charge in [-0.2, -0.15) is 0 Å². The first kappa shape index (κ1) is 15.8. The molecule has 1 N–H and O–H groups in total. The van der Waals surface area contributed by atoms with Crippen LogP contribution in [-0.4, -0.2) is 23.1 Å². The van der Waals surface area contributed by atoms with Crippen molar-refractivity contribution in [1.82, 2.24) is 0 Å². The number of aromatic carboxylic acids is 1. The standard InChI is InChI=1S/C18H18O4/c1-12(14-8-4-3-5-9-14)13(2)22-18(21)16-11-7-6-10-15(16)17(19)20/h3-13H,1-2H3,(H,19,20)/t12-,13-/m0/s1. The molecule has 0 radical (unpaired) electrons. The predicted octanol–water partition coefficient (Wildman–Crippen LogP) is 3.73. The van der Waals surface area contributed by atoms with Crippen LogP contribution < -0.4 is 0 Å². The number of ether oxygens (including phenoxy) is 1. The number of carbonyl (C=O) groups is 2. The SMILES string of the molecule is C[C@H](OC(=O)c1ccccc1C(=O)O)[C@H](C)c1ccccc1. The van der Waals surface area contributed by atoms with Crippen LogP contribution in [0.25, 0.3) is 0 Å². The Labute approximate surface area is 129 Å². The molecule has 0 unspecified atom stereocenters. The van der Waals surface area contributed by atoms with E-state index in [0.29, 0.717) is 0 Å². The highest BCUT2D eigenvalue weighted by Gasteiger charge is 2.22. The van der Waals surface area contributed by atoms with Crippen LogP contribution in [-0.2, 0) is 4.74 Å². The van der Waals surface area contributed by atoms with Gasteiger partial charge in [-0.3, -0.25) is 0 Å². The van der Waals surface area contributed by atoms with Gasteiger partial charge in [0, 0.05) is 5.92 Å². The van der Waals surface area contributed by atoms with E-state index in [0.717, 1.165) is 5.56 Å². The lowest BCUT2D eigenvalue weighted by Crippen LogP contribution is -2.22. The van der Waals surface area contributed by atoms with Crippen molar-refractivity contribution in [2.24, 2.45) is 0 Å². The topological polar surface area (TPSA) is 63.6 Å². The zero-order chi connectivity index (χ0) is 16.1. The van der Waals surface area contributed by atoms with Gasteiger partial charge in [0.1, 0.15) is 6.10 Å². The number of benzene rings is 2. The van der Waals surface area contributed by atoms with Crippen molar-refractivity contribution in [3.05, 3.63) is 71.3 Å². The van der Waals surface area contributed by atoms with Crippen molar-refractivity contribution in [2.45, 2.75) is 25.9 Å². The molecule has 2 rings (SSSR count). The molecule has 0 spiro atoms. The van der Waals surface area contributed by atoms with Crippen LogP contribution >= 0.6 is 0 Å². The summed E-state index contributed by atoms with van der Waals surface area (Å²) in [6, 6.07) is 15.8. The van der Waals surface area contributed by atoms with Gasteiger partial charge in [0.2, 0.25) is 0 Å². The van der Waals surface area contributed by atoms with Crippen LogP contribution in [0, 0.1) is 0 Å². The molecule has 114 valence electrons. The summed E-state index contributed by atoms with van der Waals surface area (Å²) < 4.78 is 5.44. The van der Waals surface area contributed by atoms with E-state index in [1.54, 1.807) is 19.1 Å². The maximum Gasteiger partial charge on any atom is 0.339 e. The van der Waals surface area contributed by atoms with Crippen LogP contribution in [0.15, 0.2) is 54.6 Å². The third-order valence-corrected chi connectivity index (χ3v) is 3.70. The molecule has 0 aliphatic rings. The first-order valence-electron chi connectivity index (χ1n) is 7.09. The van der Waals surface area contributed by atoms with Gasteiger partial charge in [-0.15, -0.1) is 0 Å². The lowest BCUT2D eigenvalue weighted by molar-refractivity contribution is 0.0288. The first-order chi connectivity index (χ1) is 10.5. The zero-order valence-corrected chi connectivity index (χ0v) is 12.5. The first-order valence-corrected chi connectivity index (χ1v) is 7.09. The summed E-state index contributed by atoms with van der Waals surface area (Å²) in [7, 11) is 0. The minimum absolute atomic E-state index is 0.0159. The van der Waals surface area contributed by atoms with Gasteiger partial charge in [0.15, 0.2) is 0 Å². The minimum atomic E-state index is -1.14. The summed E-state index contributed by atoms with van der Waals surface area (Å²) in [4.78, 5) is 23.4. The molecule has 0 aliphatic heterocycles. The van der Waals surface area contributed by atoms with E-state index >= 15 is 0 Å². The molecule has 0 fully saturated rings. The van der Waals surface area contributed by atoms with Gasteiger partial charge in [0.25, 0.3) is 0 Å². The Balaban J connectivity index is 2.14. The second-order valence-corrected chi connectivity index (χ2v) is 5.16.